The molecule has 2 atom stereocenters. The Morgan fingerprint density at radius 3 is 2.75 bits per heavy atom. The van der Waals surface area contributed by atoms with Crippen LogP contribution in [0.15, 0.2) is 53.3 Å². The molecule has 0 aliphatic carbocycles. The van der Waals surface area contributed by atoms with E-state index in [2.05, 4.69) is 71.3 Å². The van der Waals surface area contributed by atoms with E-state index in [1.165, 1.54) is 5.56 Å². The smallest absolute Gasteiger partial charge is 0.253 e. The number of pyridine rings is 1. The number of tetrazole rings is 1. The second-order valence-electron chi connectivity index (χ2n) is 11.3. The molecule has 1 fully saturated rings. The van der Waals surface area contributed by atoms with E-state index in [4.69, 9.17) is 9.47 Å². The van der Waals surface area contributed by atoms with Crippen molar-refractivity contribution in [2.75, 3.05) is 20.3 Å². The van der Waals surface area contributed by atoms with E-state index < -0.39 is 6.04 Å². The third-order valence-corrected chi connectivity index (χ3v) is 8.16. The molecule has 0 saturated carbocycles. The molecule has 0 spiro atoms. The maximum absolute atomic E-state index is 13.8. The molecule has 9 nitrogen and oxygen atoms in total. The average molecular weight is 545 g/mol. The lowest BCUT2D eigenvalue weighted by Crippen LogP contribution is -2.41. The van der Waals surface area contributed by atoms with E-state index in [9.17, 15) is 4.79 Å². The van der Waals surface area contributed by atoms with Crippen LogP contribution in [0.25, 0.3) is 10.9 Å². The van der Waals surface area contributed by atoms with Crippen molar-refractivity contribution in [3.63, 3.8) is 0 Å². The monoisotopic (exact) mass is 544 g/mol. The van der Waals surface area contributed by atoms with Gasteiger partial charge in [-0.05, 0) is 96.8 Å². The summed E-state index contributed by atoms with van der Waals surface area (Å²) >= 11 is 0. The molecule has 4 aromatic rings. The zero-order chi connectivity index (χ0) is 28.3. The van der Waals surface area contributed by atoms with Gasteiger partial charge in [-0.2, -0.15) is 0 Å². The first-order valence-electron chi connectivity index (χ1n) is 14.3. The number of H-pyrrole nitrogens is 1. The Hall–Kier alpha value is -3.56. The van der Waals surface area contributed by atoms with Crippen molar-refractivity contribution in [1.29, 1.82) is 0 Å². The fraction of sp³-hybridized carbons (Fsp3) is 0.484. The molecule has 0 radical (unpaired) electrons. The van der Waals surface area contributed by atoms with Gasteiger partial charge in [-0.15, -0.1) is 5.10 Å². The molecule has 2 aromatic heterocycles. The largest absolute Gasteiger partial charge is 0.497 e. The fourth-order valence-corrected chi connectivity index (χ4v) is 5.46. The molecular weight excluding hydrogens is 504 g/mol. The number of aryl methyl sites for hydroxylation is 1. The van der Waals surface area contributed by atoms with Crippen molar-refractivity contribution in [3.8, 4) is 5.75 Å². The lowest BCUT2D eigenvalue weighted by atomic mass is 9.98. The number of aromatic amines is 1. The second kappa shape index (κ2) is 11.9. The number of nitrogens with one attached hydrogen (secondary N) is 1. The Labute approximate surface area is 235 Å². The third kappa shape index (κ3) is 5.81. The first-order chi connectivity index (χ1) is 19.3. The van der Waals surface area contributed by atoms with Gasteiger partial charge in [0.1, 0.15) is 11.8 Å². The summed E-state index contributed by atoms with van der Waals surface area (Å²) in [6.07, 6.45) is 3.80. The van der Waals surface area contributed by atoms with Crippen molar-refractivity contribution >= 4 is 10.9 Å². The number of nitrogens with zero attached hydrogens (tertiary/aromatic N) is 5. The predicted molar refractivity (Wildman–Crippen MR) is 156 cm³/mol. The van der Waals surface area contributed by atoms with E-state index in [-0.39, 0.29) is 17.2 Å². The summed E-state index contributed by atoms with van der Waals surface area (Å²) in [6, 6.07) is 15.8. The molecule has 1 saturated heterocycles. The first-order valence-corrected chi connectivity index (χ1v) is 14.3. The molecule has 0 unspecified atom stereocenters. The molecule has 1 aliphatic heterocycles. The summed E-state index contributed by atoms with van der Waals surface area (Å²) in [6.45, 7) is 10.4. The van der Waals surface area contributed by atoms with Crippen LogP contribution in [0.1, 0.15) is 75.5 Å². The molecule has 1 N–H and O–H groups in total. The van der Waals surface area contributed by atoms with Crippen LogP contribution < -0.4 is 10.3 Å². The maximum Gasteiger partial charge on any atom is 0.253 e. The molecular formula is C31H40N6O3. The highest BCUT2D eigenvalue weighted by atomic mass is 16.5. The van der Waals surface area contributed by atoms with Crippen LogP contribution in [-0.4, -0.2) is 56.5 Å². The minimum atomic E-state index is -0.505. The van der Waals surface area contributed by atoms with Crippen LogP contribution in [0.3, 0.4) is 0 Å². The van der Waals surface area contributed by atoms with E-state index >= 15 is 0 Å². The zero-order valence-electron chi connectivity index (χ0n) is 24.2. The van der Waals surface area contributed by atoms with E-state index in [0.29, 0.717) is 24.5 Å². The first kappa shape index (κ1) is 28.0. The molecule has 5 rings (SSSR count). The quantitative estimate of drug-likeness (QED) is 0.284. The number of fused-ring (bicyclic) bond motifs is 1. The summed E-state index contributed by atoms with van der Waals surface area (Å²) in [7, 11) is 1.67. The van der Waals surface area contributed by atoms with Crippen molar-refractivity contribution in [1.82, 2.24) is 30.1 Å². The normalized spacial score (nSPS) is 16.6. The number of aromatic nitrogens is 5. The number of hydrogen-bond acceptors (Lipinski definition) is 7. The van der Waals surface area contributed by atoms with Gasteiger partial charge in [-0.1, -0.05) is 32.0 Å². The minimum Gasteiger partial charge on any atom is -0.497 e. The molecule has 2 aromatic carbocycles. The van der Waals surface area contributed by atoms with Gasteiger partial charge in [-0.25, -0.2) is 4.68 Å². The number of rotatable bonds is 11. The molecule has 1 aliphatic rings. The highest BCUT2D eigenvalue weighted by Gasteiger charge is 2.36. The Bertz CT molecular complexity index is 1500. The summed E-state index contributed by atoms with van der Waals surface area (Å²) < 4.78 is 13.5. The van der Waals surface area contributed by atoms with Crippen molar-refractivity contribution in [3.05, 3.63) is 81.4 Å². The van der Waals surface area contributed by atoms with Gasteiger partial charge in [0.25, 0.3) is 5.56 Å². The summed E-state index contributed by atoms with van der Waals surface area (Å²) in [5.41, 5.74) is 3.23. The van der Waals surface area contributed by atoms with Gasteiger partial charge in [0.2, 0.25) is 0 Å². The average Bonchev–Trinajstić information content (AvgIpc) is 3.66. The molecule has 3 heterocycles. The summed E-state index contributed by atoms with van der Waals surface area (Å²) in [5, 5.41) is 14.1. The number of hydrogen-bond donors (Lipinski definition) is 1. The standard InChI is InChI=1S/C31H40N6O3/c1-6-21-13-14-27-23(16-21)18-26(30(38)32-27)28(29-33-34-35-37(29)31(3,4)7-2)36(20-25-12-9-15-40-25)19-22-10-8-11-24(17-22)39-5/h8,10-11,13-14,16-18,25,28H,6-7,9,12,15,19-20H2,1-5H3,(H,32,38)/t25-,28+/m0/s1. The van der Waals surface area contributed by atoms with Gasteiger partial charge in [0.05, 0.1) is 18.8 Å². The minimum absolute atomic E-state index is 0.0582. The Morgan fingerprint density at radius 1 is 1.18 bits per heavy atom. The lowest BCUT2D eigenvalue weighted by molar-refractivity contribution is 0.0562. The van der Waals surface area contributed by atoms with E-state index in [0.717, 1.165) is 54.5 Å². The Balaban J connectivity index is 1.71. The van der Waals surface area contributed by atoms with Gasteiger partial charge in [-0.3, -0.25) is 9.69 Å². The van der Waals surface area contributed by atoms with Crippen molar-refractivity contribution < 1.29 is 9.47 Å². The van der Waals surface area contributed by atoms with Gasteiger partial charge in [0.15, 0.2) is 5.82 Å². The number of benzene rings is 2. The van der Waals surface area contributed by atoms with Crippen molar-refractivity contribution in [2.24, 2.45) is 0 Å². The predicted octanol–water partition coefficient (Wildman–Crippen LogP) is 5.00. The molecule has 0 amide bonds. The van der Waals surface area contributed by atoms with Gasteiger partial charge >= 0.3 is 0 Å². The fourth-order valence-electron chi connectivity index (χ4n) is 5.46. The number of ether oxygens (including phenoxy) is 2. The molecule has 40 heavy (non-hydrogen) atoms. The second-order valence-corrected chi connectivity index (χ2v) is 11.3. The Morgan fingerprint density at radius 2 is 2.02 bits per heavy atom. The molecule has 212 valence electrons. The molecule has 9 heteroatoms. The number of methoxy groups -OCH3 is 1. The van der Waals surface area contributed by atoms with Gasteiger partial charge in [0, 0.05) is 30.8 Å². The summed E-state index contributed by atoms with van der Waals surface area (Å²) in [4.78, 5) is 19.3. The molecule has 0 bridgehead atoms. The van der Waals surface area contributed by atoms with Crippen LogP contribution in [0.5, 0.6) is 5.75 Å². The van der Waals surface area contributed by atoms with E-state index in [1.54, 1.807) is 7.11 Å². The van der Waals surface area contributed by atoms with Crippen LogP contribution in [-0.2, 0) is 23.2 Å². The van der Waals surface area contributed by atoms with E-state index in [1.807, 2.05) is 35.0 Å². The highest BCUT2D eigenvalue weighted by molar-refractivity contribution is 5.80. The van der Waals surface area contributed by atoms with Crippen LogP contribution in [0.4, 0.5) is 0 Å². The van der Waals surface area contributed by atoms with Crippen molar-refractivity contribution in [2.45, 2.75) is 77.6 Å². The lowest BCUT2D eigenvalue weighted by Gasteiger charge is -2.34. The SMILES string of the molecule is CCc1ccc2[nH]c(=O)c([C@H](c3nnnn3C(C)(C)CC)N(Cc3cccc(OC)c3)C[C@@H]3CCCO3)cc2c1. The van der Waals surface area contributed by atoms with Gasteiger partial charge < -0.3 is 14.5 Å². The maximum atomic E-state index is 13.8. The third-order valence-electron chi connectivity index (χ3n) is 8.16. The van der Waals surface area contributed by atoms with Crippen LogP contribution >= 0.6 is 0 Å². The topological polar surface area (TPSA) is 98.2 Å². The Kier molecular flexibility index (Phi) is 8.32. The highest BCUT2D eigenvalue weighted by Crippen LogP contribution is 2.33. The summed E-state index contributed by atoms with van der Waals surface area (Å²) in [5.74, 6) is 1.43. The van der Waals surface area contributed by atoms with Crippen LogP contribution in [0.2, 0.25) is 0 Å². The van der Waals surface area contributed by atoms with Crippen LogP contribution in [0, 0.1) is 0 Å². The zero-order valence-corrected chi connectivity index (χ0v) is 24.2.